The number of hydrogen-bond acceptors (Lipinski definition) is 5. The maximum absolute atomic E-state index is 15.9. The Hall–Kier alpha value is -4.31. The first-order chi connectivity index (χ1) is 17.4. The standard InChI is InChI=1S/C29H29FN4O2/c1-5-35-24-15-26(29(30)27(16-24)36-20(2)3)34(23-13-11-21(17-31)12-14-23)19-28-32-25(18-33(28)4)22-9-7-6-8-10-22/h6-16,18,20H,5,19H2,1-4H3. The van der Waals surface area contributed by atoms with Crippen LogP contribution in [0.4, 0.5) is 15.8 Å². The number of nitrogens with zero attached hydrogens (tertiary/aromatic N) is 4. The van der Waals surface area contributed by atoms with Gasteiger partial charge < -0.3 is 18.9 Å². The zero-order valence-electron chi connectivity index (χ0n) is 20.9. The van der Waals surface area contributed by atoms with Gasteiger partial charge in [0.15, 0.2) is 11.6 Å². The zero-order valence-corrected chi connectivity index (χ0v) is 20.9. The lowest BCUT2D eigenvalue weighted by Crippen LogP contribution is -2.21. The quantitative estimate of drug-likeness (QED) is 0.267. The van der Waals surface area contributed by atoms with Gasteiger partial charge in [0.05, 0.1) is 42.3 Å². The summed E-state index contributed by atoms with van der Waals surface area (Å²) < 4.78 is 29.4. The Labute approximate surface area is 211 Å². The molecule has 4 aromatic rings. The molecule has 0 aliphatic rings. The van der Waals surface area contributed by atoms with Crippen LogP contribution in [0.1, 0.15) is 32.2 Å². The fourth-order valence-corrected chi connectivity index (χ4v) is 3.92. The van der Waals surface area contributed by atoms with Crippen LogP contribution in [0.2, 0.25) is 0 Å². The summed E-state index contributed by atoms with van der Waals surface area (Å²) in [5, 5.41) is 9.26. The average Bonchev–Trinajstić information content (AvgIpc) is 3.25. The molecule has 0 N–H and O–H groups in total. The van der Waals surface area contributed by atoms with Gasteiger partial charge in [0.1, 0.15) is 11.6 Å². The third-order valence-electron chi connectivity index (χ3n) is 5.61. The molecule has 0 atom stereocenters. The van der Waals surface area contributed by atoms with Crippen molar-refractivity contribution in [3.63, 3.8) is 0 Å². The fraction of sp³-hybridized carbons (Fsp3) is 0.241. The lowest BCUT2D eigenvalue weighted by atomic mass is 10.1. The molecule has 4 rings (SSSR count). The molecular weight excluding hydrogens is 455 g/mol. The number of rotatable bonds is 9. The Morgan fingerprint density at radius 3 is 2.44 bits per heavy atom. The van der Waals surface area contributed by atoms with Crippen molar-refractivity contribution in [1.29, 1.82) is 5.26 Å². The topological polar surface area (TPSA) is 63.3 Å². The van der Waals surface area contributed by atoms with Crippen molar-refractivity contribution in [2.75, 3.05) is 11.5 Å². The minimum Gasteiger partial charge on any atom is -0.494 e. The fourth-order valence-electron chi connectivity index (χ4n) is 3.92. The van der Waals surface area contributed by atoms with Crippen LogP contribution in [0.5, 0.6) is 11.5 Å². The van der Waals surface area contributed by atoms with Gasteiger partial charge in [0, 0.05) is 36.6 Å². The third-order valence-corrected chi connectivity index (χ3v) is 5.61. The molecule has 0 radical (unpaired) electrons. The van der Waals surface area contributed by atoms with E-state index in [2.05, 4.69) is 6.07 Å². The number of benzene rings is 3. The number of imidazole rings is 1. The first-order valence-corrected chi connectivity index (χ1v) is 11.9. The van der Waals surface area contributed by atoms with Gasteiger partial charge in [0.2, 0.25) is 0 Å². The van der Waals surface area contributed by atoms with E-state index in [1.165, 1.54) is 0 Å². The molecule has 0 saturated heterocycles. The lowest BCUT2D eigenvalue weighted by Gasteiger charge is -2.27. The Kier molecular flexibility index (Phi) is 7.55. The van der Waals surface area contributed by atoms with Crippen LogP contribution < -0.4 is 14.4 Å². The summed E-state index contributed by atoms with van der Waals surface area (Å²) in [5.41, 5.74) is 3.36. The van der Waals surface area contributed by atoms with Gasteiger partial charge >= 0.3 is 0 Å². The number of nitriles is 1. The Balaban J connectivity index is 1.82. The predicted octanol–water partition coefficient (Wildman–Crippen LogP) is 6.62. The largest absolute Gasteiger partial charge is 0.494 e. The zero-order chi connectivity index (χ0) is 25.7. The Morgan fingerprint density at radius 2 is 1.81 bits per heavy atom. The molecule has 0 aliphatic carbocycles. The molecular formula is C29H29FN4O2. The van der Waals surface area contributed by atoms with Gasteiger partial charge in [-0.05, 0) is 45.0 Å². The van der Waals surface area contributed by atoms with Crippen molar-refractivity contribution in [2.24, 2.45) is 7.05 Å². The van der Waals surface area contributed by atoms with Crippen LogP contribution in [0.15, 0.2) is 72.9 Å². The van der Waals surface area contributed by atoms with Crippen molar-refractivity contribution in [2.45, 2.75) is 33.4 Å². The number of hydrogen-bond donors (Lipinski definition) is 0. The van der Waals surface area contributed by atoms with Gasteiger partial charge in [-0.1, -0.05) is 30.3 Å². The predicted molar refractivity (Wildman–Crippen MR) is 139 cm³/mol. The number of aryl methyl sites for hydroxylation is 1. The molecule has 0 aliphatic heterocycles. The van der Waals surface area contributed by atoms with Gasteiger partial charge in [-0.2, -0.15) is 5.26 Å². The molecule has 184 valence electrons. The van der Waals surface area contributed by atoms with Crippen molar-refractivity contribution in [1.82, 2.24) is 9.55 Å². The molecule has 0 spiro atoms. The number of halogens is 1. The maximum atomic E-state index is 15.9. The molecule has 1 aromatic heterocycles. The molecule has 3 aromatic carbocycles. The molecule has 36 heavy (non-hydrogen) atoms. The van der Waals surface area contributed by atoms with Gasteiger partial charge in [-0.25, -0.2) is 9.37 Å². The van der Waals surface area contributed by atoms with Crippen LogP contribution in [-0.4, -0.2) is 22.3 Å². The normalized spacial score (nSPS) is 10.8. The van der Waals surface area contributed by atoms with E-state index in [4.69, 9.17) is 14.5 Å². The van der Waals surface area contributed by atoms with E-state index in [9.17, 15) is 5.26 Å². The number of aromatic nitrogens is 2. The SMILES string of the molecule is CCOc1cc(OC(C)C)c(F)c(N(Cc2nc(-c3ccccc3)cn2C)c2ccc(C#N)cc2)c1. The molecule has 0 fully saturated rings. The summed E-state index contributed by atoms with van der Waals surface area (Å²) in [5.74, 6) is 0.877. The van der Waals surface area contributed by atoms with Crippen LogP contribution in [0.3, 0.4) is 0 Å². The maximum Gasteiger partial charge on any atom is 0.188 e. The van der Waals surface area contributed by atoms with E-state index in [0.717, 1.165) is 17.1 Å². The van der Waals surface area contributed by atoms with Crippen LogP contribution in [0, 0.1) is 17.1 Å². The Morgan fingerprint density at radius 1 is 1.08 bits per heavy atom. The lowest BCUT2D eigenvalue weighted by molar-refractivity contribution is 0.229. The van der Waals surface area contributed by atoms with Crippen molar-refractivity contribution >= 4 is 11.4 Å². The number of anilines is 2. The highest BCUT2D eigenvalue weighted by molar-refractivity contribution is 5.68. The molecule has 0 unspecified atom stereocenters. The van der Waals surface area contributed by atoms with E-state index >= 15 is 4.39 Å². The summed E-state index contributed by atoms with van der Waals surface area (Å²) in [6.07, 6.45) is 1.75. The van der Waals surface area contributed by atoms with E-state index < -0.39 is 5.82 Å². The van der Waals surface area contributed by atoms with Crippen LogP contribution in [-0.2, 0) is 13.6 Å². The number of ether oxygens (including phenoxy) is 2. The highest BCUT2D eigenvalue weighted by Gasteiger charge is 2.23. The summed E-state index contributed by atoms with van der Waals surface area (Å²) >= 11 is 0. The summed E-state index contributed by atoms with van der Waals surface area (Å²) in [6.45, 7) is 6.29. The van der Waals surface area contributed by atoms with Crippen molar-refractivity contribution in [3.8, 4) is 28.8 Å². The second-order valence-corrected chi connectivity index (χ2v) is 8.62. The minimum atomic E-state index is -0.492. The summed E-state index contributed by atoms with van der Waals surface area (Å²) in [7, 11) is 1.92. The first kappa shape index (κ1) is 24.8. The summed E-state index contributed by atoms with van der Waals surface area (Å²) in [4.78, 5) is 6.67. The van der Waals surface area contributed by atoms with Gasteiger partial charge in [-0.3, -0.25) is 0 Å². The molecule has 0 bridgehead atoms. The van der Waals surface area contributed by atoms with E-state index in [1.807, 2.05) is 73.8 Å². The monoisotopic (exact) mass is 484 g/mol. The van der Waals surface area contributed by atoms with Crippen molar-refractivity contribution < 1.29 is 13.9 Å². The summed E-state index contributed by atoms with van der Waals surface area (Å²) in [6, 6.07) is 22.3. The molecule has 7 heteroatoms. The molecule has 0 saturated carbocycles. The molecule has 6 nitrogen and oxygen atoms in total. The molecule has 0 amide bonds. The third kappa shape index (κ3) is 5.49. The van der Waals surface area contributed by atoms with E-state index in [1.54, 1.807) is 36.4 Å². The van der Waals surface area contributed by atoms with Crippen molar-refractivity contribution in [3.05, 3.63) is 90.1 Å². The first-order valence-electron chi connectivity index (χ1n) is 11.9. The smallest absolute Gasteiger partial charge is 0.188 e. The van der Waals surface area contributed by atoms with E-state index in [0.29, 0.717) is 29.3 Å². The Bertz CT molecular complexity index is 1360. The highest BCUT2D eigenvalue weighted by atomic mass is 19.1. The van der Waals surface area contributed by atoms with Crippen LogP contribution >= 0.6 is 0 Å². The second-order valence-electron chi connectivity index (χ2n) is 8.62. The molecule has 1 heterocycles. The highest BCUT2D eigenvalue weighted by Crippen LogP contribution is 2.38. The van der Waals surface area contributed by atoms with E-state index in [-0.39, 0.29) is 18.4 Å². The second kappa shape index (κ2) is 11.0. The average molecular weight is 485 g/mol. The van der Waals surface area contributed by atoms with Gasteiger partial charge in [0.25, 0.3) is 0 Å². The van der Waals surface area contributed by atoms with Gasteiger partial charge in [-0.15, -0.1) is 0 Å². The van der Waals surface area contributed by atoms with Crippen LogP contribution in [0.25, 0.3) is 11.3 Å². The minimum absolute atomic E-state index is 0.120.